The lowest BCUT2D eigenvalue weighted by atomic mass is 10.1. The van der Waals surface area contributed by atoms with Crippen LogP contribution in [0.15, 0.2) is 28.3 Å². The van der Waals surface area contributed by atoms with Crippen LogP contribution in [-0.4, -0.2) is 65.0 Å². The van der Waals surface area contributed by atoms with Crippen LogP contribution in [0.5, 0.6) is 0 Å². The molecule has 1 saturated heterocycles. The largest absolute Gasteiger partial charge is 0.342 e. The van der Waals surface area contributed by atoms with E-state index < -0.39 is 10.0 Å². The minimum absolute atomic E-state index is 0.147. The summed E-state index contributed by atoms with van der Waals surface area (Å²) >= 11 is 1.43. The number of carbonyl (C=O) groups excluding carboxylic acids is 1. The van der Waals surface area contributed by atoms with Crippen molar-refractivity contribution < 1.29 is 13.2 Å². The van der Waals surface area contributed by atoms with Gasteiger partial charge in [-0.05, 0) is 44.4 Å². The minimum atomic E-state index is -3.53. The second kappa shape index (κ2) is 9.49. The fourth-order valence-electron chi connectivity index (χ4n) is 3.74. The molecule has 1 aromatic heterocycles. The summed E-state index contributed by atoms with van der Waals surface area (Å²) in [4.78, 5) is 19.3. The van der Waals surface area contributed by atoms with Gasteiger partial charge in [-0.2, -0.15) is 4.31 Å². The Bertz CT molecular complexity index is 962. The Balaban J connectivity index is 1.84. The van der Waals surface area contributed by atoms with Crippen molar-refractivity contribution in [2.75, 3.05) is 31.9 Å². The molecule has 0 spiro atoms. The predicted molar refractivity (Wildman–Crippen MR) is 117 cm³/mol. The number of aromatic nitrogens is 2. The van der Waals surface area contributed by atoms with Gasteiger partial charge in [0, 0.05) is 32.7 Å². The molecule has 0 saturated carbocycles. The topological polar surface area (TPSA) is 75.5 Å². The van der Waals surface area contributed by atoms with E-state index in [0.717, 1.165) is 36.6 Å². The number of nitrogens with zero attached hydrogens (tertiary/aromatic N) is 4. The van der Waals surface area contributed by atoms with Crippen LogP contribution in [0.25, 0.3) is 11.0 Å². The third-order valence-corrected chi connectivity index (χ3v) is 8.38. The number of carbonyl (C=O) groups is 1. The van der Waals surface area contributed by atoms with E-state index in [2.05, 4.69) is 4.98 Å². The van der Waals surface area contributed by atoms with Crippen LogP contribution in [0.1, 0.15) is 40.0 Å². The van der Waals surface area contributed by atoms with Crippen LogP contribution >= 0.6 is 11.8 Å². The van der Waals surface area contributed by atoms with Crippen molar-refractivity contribution in [2.45, 2.75) is 56.6 Å². The van der Waals surface area contributed by atoms with Gasteiger partial charge < -0.3 is 9.47 Å². The average molecular weight is 439 g/mol. The number of hydrogen-bond acceptors (Lipinski definition) is 5. The first-order valence-corrected chi connectivity index (χ1v) is 12.8. The fraction of sp³-hybridized carbons (Fsp3) is 0.600. The molecule has 0 atom stereocenters. The van der Waals surface area contributed by atoms with E-state index in [1.807, 2.05) is 36.3 Å². The first-order chi connectivity index (χ1) is 13.9. The predicted octanol–water partition coefficient (Wildman–Crippen LogP) is 3.19. The van der Waals surface area contributed by atoms with E-state index in [0.29, 0.717) is 30.9 Å². The van der Waals surface area contributed by atoms with Crippen molar-refractivity contribution in [3.05, 3.63) is 18.2 Å². The van der Waals surface area contributed by atoms with Crippen molar-refractivity contribution in [2.24, 2.45) is 0 Å². The average Bonchev–Trinajstić information content (AvgIpc) is 3.10. The van der Waals surface area contributed by atoms with Crippen LogP contribution in [0, 0.1) is 0 Å². The minimum Gasteiger partial charge on any atom is -0.342 e. The number of aryl methyl sites for hydroxylation is 1. The molecule has 29 heavy (non-hydrogen) atoms. The normalized spacial score (nSPS) is 15.4. The highest BCUT2D eigenvalue weighted by atomic mass is 32.2. The molecular formula is C20H30N4O3S2. The molecule has 0 unspecified atom stereocenters. The highest BCUT2D eigenvalue weighted by Crippen LogP contribution is 2.27. The Morgan fingerprint density at radius 2 is 1.83 bits per heavy atom. The van der Waals surface area contributed by atoms with Gasteiger partial charge in [-0.25, -0.2) is 13.4 Å². The van der Waals surface area contributed by atoms with E-state index in [-0.39, 0.29) is 10.8 Å². The van der Waals surface area contributed by atoms with Crippen molar-refractivity contribution in [3.8, 4) is 0 Å². The highest BCUT2D eigenvalue weighted by Gasteiger charge is 2.23. The molecule has 7 nitrogen and oxygen atoms in total. The number of likely N-dealkylation sites (tertiary alicyclic amines) is 1. The second-order valence-electron chi connectivity index (χ2n) is 7.11. The molecule has 2 heterocycles. The molecular weight excluding hydrogens is 408 g/mol. The molecule has 1 fully saturated rings. The van der Waals surface area contributed by atoms with Gasteiger partial charge in [0.25, 0.3) is 0 Å². The number of imidazole rings is 1. The van der Waals surface area contributed by atoms with Gasteiger partial charge in [-0.3, -0.25) is 4.79 Å². The molecule has 160 valence electrons. The molecule has 2 aromatic rings. The Hall–Kier alpha value is -1.58. The lowest BCUT2D eigenvalue weighted by Gasteiger charge is -2.26. The molecule has 1 amide bonds. The summed E-state index contributed by atoms with van der Waals surface area (Å²) in [7, 11) is -3.53. The van der Waals surface area contributed by atoms with Crippen molar-refractivity contribution in [1.82, 2.24) is 18.8 Å². The monoisotopic (exact) mass is 438 g/mol. The van der Waals surface area contributed by atoms with E-state index in [4.69, 9.17) is 0 Å². The van der Waals surface area contributed by atoms with Gasteiger partial charge in [-0.1, -0.05) is 25.6 Å². The molecule has 0 bridgehead atoms. The number of thioether (sulfide) groups is 1. The van der Waals surface area contributed by atoms with Gasteiger partial charge in [-0.15, -0.1) is 0 Å². The SMILES string of the molecule is CCN(CC)S(=O)(=O)c1ccc2c(c1)nc(SCC(=O)N1CCCCC1)n2CC. The first-order valence-electron chi connectivity index (χ1n) is 10.3. The molecule has 1 aromatic carbocycles. The number of sulfonamides is 1. The number of piperidine rings is 1. The molecule has 0 radical (unpaired) electrons. The van der Waals surface area contributed by atoms with Gasteiger partial charge in [0.15, 0.2) is 5.16 Å². The summed E-state index contributed by atoms with van der Waals surface area (Å²) in [6.07, 6.45) is 3.35. The third-order valence-electron chi connectivity index (χ3n) is 5.38. The maximum atomic E-state index is 12.8. The summed E-state index contributed by atoms with van der Waals surface area (Å²) in [6.45, 7) is 8.95. The number of hydrogen-bond donors (Lipinski definition) is 0. The Labute approximate surface area is 177 Å². The lowest BCUT2D eigenvalue weighted by Crippen LogP contribution is -2.36. The number of benzene rings is 1. The van der Waals surface area contributed by atoms with Gasteiger partial charge in [0.1, 0.15) is 0 Å². The number of fused-ring (bicyclic) bond motifs is 1. The lowest BCUT2D eigenvalue weighted by molar-refractivity contribution is -0.129. The van der Waals surface area contributed by atoms with Crippen LogP contribution in [0.3, 0.4) is 0 Å². The molecule has 1 aliphatic heterocycles. The van der Waals surface area contributed by atoms with Gasteiger partial charge >= 0.3 is 0 Å². The van der Waals surface area contributed by atoms with Crippen molar-refractivity contribution >= 4 is 38.7 Å². The summed E-state index contributed by atoms with van der Waals surface area (Å²) in [5, 5.41) is 0.755. The van der Waals surface area contributed by atoms with Crippen molar-refractivity contribution in [3.63, 3.8) is 0 Å². The standard InChI is InChI=1S/C20H30N4O3S2/c1-4-23(5-2)29(26,27)16-10-11-18-17(14-16)21-20(24(18)6-3)28-15-19(25)22-12-8-7-9-13-22/h10-11,14H,4-9,12-13,15H2,1-3H3. The van der Waals surface area contributed by atoms with E-state index in [1.54, 1.807) is 12.1 Å². The first kappa shape index (κ1) is 22.1. The molecule has 0 N–H and O–H groups in total. The van der Waals surface area contributed by atoms with Crippen LogP contribution < -0.4 is 0 Å². The summed E-state index contributed by atoms with van der Waals surface area (Å²) in [5.74, 6) is 0.503. The summed E-state index contributed by atoms with van der Waals surface area (Å²) in [6, 6.07) is 5.11. The summed E-state index contributed by atoms with van der Waals surface area (Å²) in [5.41, 5.74) is 1.53. The fourth-order valence-corrected chi connectivity index (χ4v) is 6.20. The van der Waals surface area contributed by atoms with Crippen LogP contribution in [-0.2, 0) is 21.4 Å². The van der Waals surface area contributed by atoms with E-state index in [1.165, 1.54) is 22.5 Å². The third kappa shape index (κ3) is 4.62. The van der Waals surface area contributed by atoms with Crippen LogP contribution in [0.4, 0.5) is 0 Å². The Morgan fingerprint density at radius 1 is 1.14 bits per heavy atom. The second-order valence-corrected chi connectivity index (χ2v) is 9.99. The zero-order valence-electron chi connectivity index (χ0n) is 17.4. The van der Waals surface area contributed by atoms with E-state index in [9.17, 15) is 13.2 Å². The summed E-state index contributed by atoms with van der Waals surface area (Å²) < 4.78 is 29.1. The smallest absolute Gasteiger partial charge is 0.243 e. The maximum absolute atomic E-state index is 12.8. The molecule has 3 rings (SSSR count). The van der Waals surface area contributed by atoms with Crippen LogP contribution in [0.2, 0.25) is 0 Å². The Kier molecular flexibility index (Phi) is 7.23. The van der Waals surface area contributed by atoms with Gasteiger partial charge in [0.2, 0.25) is 15.9 Å². The Morgan fingerprint density at radius 3 is 2.45 bits per heavy atom. The van der Waals surface area contributed by atoms with E-state index >= 15 is 0 Å². The molecule has 0 aliphatic carbocycles. The highest BCUT2D eigenvalue weighted by molar-refractivity contribution is 7.99. The van der Waals surface area contributed by atoms with Crippen molar-refractivity contribution in [1.29, 1.82) is 0 Å². The zero-order chi connectivity index (χ0) is 21.0. The molecule has 9 heteroatoms. The number of amides is 1. The maximum Gasteiger partial charge on any atom is 0.243 e. The zero-order valence-corrected chi connectivity index (χ0v) is 19.1. The molecule has 1 aliphatic rings. The number of rotatable bonds is 8. The van der Waals surface area contributed by atoms with Gasteiger partial charge in [0.05, 0.1) is 21.7 Å². The quantitative estimate of drug-likeness (QED) is 0.592.